The summed E-state index contributed by atoms with van der Waals surface area (Å²) in [5.74, 6) is -0.364. The Bertz CT molecular complexity index is 1940. The van der Waals surface area contributed by atoms with Gasteiger partial charge in [-0.05, 0) is 108 Å². The molecule has 9 nitrogen and oxygen atoms in total. The number of amides is 3. The number of carbonyl (C=O) groups excluding carboxylic acids is 2. The molecule has 1 heterocycles. The molecule has 0 radical (unpaired) electrons. The Labute approximate surface area is 281 Å². The van der Waals surface area contributed by atoms with Crippen molar-refractivity contribution >= 4 is 29.1 Å². The Balaban J connectivity index is 1.25. The highest BCUT2D eigenvalue weighted by atomic mass is 19.4. The summed E-state index contributed by atoms with van der Waals surface area (Å²) in [6.07, 6.45) is 2.17. The van der Waals surface area contributed by atoms with Crippen molar-refractivity contribution in [2.24, 2.45) is 0 Å². The molecule has 0 saturated heterocycles. The van der Waals surface area contributed by atoms with Crippen molar-refractivity contribution in [3.8, 4) is 11.1 Å². The van der Waals surface area contributed by atoms with Gasteiger partial charge in [0.15, 0.2) is 0 Å². The number of nitrogens with one attached hydrogen (secondary N) is 3. The Morgan fingerprint density at radius 2 is 1.69 bits per heavy atom. The Kier molecular flexibility index (Phi) is 9.84. The second-order valence-corrected chi connectivity index (χ2v) is 11.8. The lowest BCUT2D eigenvalue weighted by Gasteiger charge is -2.27. The Morgan fingerprint density at radius 1 is 0.918 bits per heavy atom. The van der Waals surface area contributed by atoms with E-state index in [9.17, 15) is 22.8 Å². The number of urea groups is 1. The van der Waals surface area contributed by atoms with Gasteiger partial charge in [-0.2, -0.15) is 18.4 Å². The minimum atomic E-state index is -4.48. The van der Waals surface area contributed by atoms with Gasteiger partial charge in [-0.1, -0.05) is 71.8 Å². The summed E-state index contributed by atoms with van der Waals surface area (Å²) in [6, 6.07) is 26.0. The van der Waals surface area contributed by atoms with Gasteiger partial charge in [0.1, 0.15) is 0 Å². The van der Waals surface area contributed by atoms with Crippen molar-refractivity contribution in [1.29, 1.82) is 0 Å². The number of alkyl halides is 3. The van der Waals surface area contributed by atoms with Crippen molar-refractivity contribution < 1.29 is 22.8 Å². The monoisotopic (exact) mass is 665 g/mol. The number of aromatic nitrogens is 4. The maximum Gasteiger partial charge on any atom is 0.416 e. The van der Waals surface area contributed by atoms with Gasteiger partial charge in [0, 0.05) is 11.3 Å². The lowest BCUT2D eigenvalue weighted by Crippen LogP contribution is -2.41. The van der Waals surface area contributed by atoms with Gasteiger partial charge in [-0.3, -0.25) is 15.0 Å². The number of nitrogens with zero attached hydrogens (tertiary/aromatic N) is 4. The van der Waals surface area contributed by atoms with Crippen molar-refractivity contribution in [1.82, 2.24) is 25.9 Å². The molecule has 1 aliphatic rings. The molecule has 5 aromatic rings. The second-order valence-electron chi connectivity index (χ2n) is 11.8. The molecule has 250 valence electrons. The average molecular weight is 666 g/mol. The van der Waals surface area contributed by atoms with Gasteiger partial charge in [0.05, 0.1) is 18.2 Å². The first kappa shape index (κ1) is 33.1. The fourth-order valence-corrected chi connectivity index (χ4v) is 5.91. The smallest absolute Gasteiger partial charge is 0.331 e. The molecule has 0 saturated carbocycles. The van der Waals surface area contributed by atoms with Crippen molar-refractivity contribution in [2.45, 2.75) is 51.4 Å². The summed E-state index contributed by atoms with van der Waals surface area (Å²) >= 11 is 0. The number of allylic oxidation sites excluding steroid dienone is 2. The lowest BCUT2D eigenvalue weighted by atomic mass is 9.93. The largest absolute Gasteiger partial charge is 0.416 e. The molecule has 4 aromatic carbocycles. The molecule has 3 amide bonds. The van der Waals surface area contributed by atoms with Gasteiger partial charge in [0.2, 0.25) is 0 Å². The van der Waals surface area contributed by atoms with Gasteiger partial charge < -0.3 is 5.32 Å². The number of hydrogen-bond acceptors (Lipinski definition) is 5. The van der Waals surface area contributed by atoms with E-state index in [1.54, 1.807) is 66.4 Å². The van der Waals surface area contributed by atoms with Crippen LogP contribution in [0, 0.1) is 0 Å². The van der Waals surface area contributed by atoms with Crippen LogP contribution in [0.15, 0.2) is 103 Å². The minimum absolute atomic E-state index is 0.0492. The van der Waals surface area contributed by atoms with Crippen LogP contribution in [0.2, 0.25) is 0 Å². The van der Waals surface area contributed by atoms with Crippen LogP contribution in [0.25, 0.3) is 16.7 Å². The molecule has 0 fully saturated rings. The molecular weight excluding hydrogens is 631 g/mol. The van der Waals surface area contributed by atoms with Crippen LogP contribution in [-0.4, -0.2) is 32.6 Å². The van der Waals surface area contributed by atoms with E-state index in [0.29, 0.717) is 27.9 Å². The first-order chi connectivity index (χ1) is 23.7. The highest BCUT2D eigenvalue weighted by molar-refractivity contribution is 6.03. The molecule has 1 atom stereocenters. The van der Waals surface area contributed by atoms with Gasteiger partial charge in [0.25, 0.3) is 11.9 Å². The average Bonchev–Trinajstić information content (AvgIpc) is 3.64. The number of carbonyl (C=O) groups is 2. The molecular formula is C37H34F3N7O2. The molecule has 1 unspecified atom stereocenters. The lowest BCUT2D eigenvalue weighted by molar-refractivity contribution is -0.137. The van der Waals surface area contributed by atoms with Crippen molar-refractivity contribution in [3.05, 3.63) is 131 Å². The number of aromatic amines is 1. The van der Waals surface area contributed by atoms with Gasteiger partial charge in [-0.25, -0.2) is 4.79 Å². The zero-order chi connectivity index (χ0) is 34.4. The van der Waals surface area contributed by atoms with E-state index >= 15 is 0 Å². The number of halogens is 3. The van der Waals surface area contributed by atoms with Crippen molar-refractivity contribution in [2.75, 3.05) is 10.2 Å². The molecule has 0 aliphatic heterocycles. The molecule has 0 spiro atoms. The number of rotatable bonds is 9. The van der Waals surface area contributed by atoms with E-state index in [4.69, 9.17) is 0 Å². The molecule has 12 heteroatoms. The predicted octanol–water partition coefficient (Wildman–Crippen LogP) is 8.57. The Hall–Kier alpha value is -5.78. The third-order valence-corrected chi connectivity index (χ3v) is 8.48. The van der Waals surface area contributed by atoms with Crippen LogP contribution in [-0.2, 0) is 12.7 Å². The molecule has 1 aromatic heterocycles. The summed E-state index contributed by atoms with van der Waals surface area (Å²) < 4.78 is 40.6. The maximum atomic E-state index is 14.1. The predicted molar refractivity (Wildman–Crippen MR) is 181 cm³/mol. The quantitative estimate of drug-likeness (QED) is 0.146. The number of tetrazole rings is 1. The molecule has 1 aliphatic carbocycles. The van der Waals surface area contributed by atoms with Crippen LogP contribution in [0.5, 0.6) is 0 Å². The zero-order valence-corrected chi connectivity index (χ0v) is 26.7. The SMILES string of the molecule is CC(NC(=O)N(Cc1ccc(C(=O)Nc2nn[nH]n2)cc1)c1ccc(C2=CCCCC2)cc1)c1ccccc1-c1cccc(C(F)(F)F)c1. The summed E-state index contributed by atoms with van der Waals surface area (Å²) in [6.45, 7) is 1.99. The van der Waals surface area contributed by atoms with Crippen LogP contribution in [0.3, 0.4) is 0 Å². The fourth-order valence-electron chi connectivity index (χ4n) is 5.91. The van der Waals surface area contributed by atoms with Crippen LogP contribution in [0.1, 0.15) is 71.3 Å². The van der Waals surface area contributed by atoms with Crippen LogP contribution in [0.4, 0.5) is 29.6 Å². The second kappa shape index (κ2) is 14.5. The normalized spacial score (nSPS) is 13.7. The molecule has 3 N–H and O–H groups in total. The number of hydrogen-bond donors (Lipinski definition) is 3. The van der Waals surface area contributed by atoms with E-state index in [1.807, 2.05) is 24.3 Å². The highest BCUT2D eigenvalue weighted by Gasteiger charge is 2.31. The first-order valence-electron chi connectivity index (χ1n) is 15.9. The van der Waals surface area contributed by atoms with Gasteiger partial charge in [-0.15, -0.1) is 5.10 Å². The maximum absolute atomic E-state index is 14.1. The standard InChI is InChI=1S/C37H34F3N7O2/c1-24(32-12-5-6-13-33(32)29-10-7-11-30(22-29)37(38,39)40)41-36(49)47(31-20-18-27(19-21-31)26-8-3-2-4-9-26)23-25-14-16-28(17-15-25)34(48)42-35-43-45-46-44-35/h5-8,10-22,24H,2-4,9,23H2,1H3,(H,41,49)(H2,42,43,44,45,46,48). The molecule has 6 rings (SSSR count). The summed E-state index contributed by atoms with van der Waals surface area (Å²) in [5, 5.41) is 18.8. The highest BCUT2D eigenvalue weighted by Crippen LogP contribution is 2.35. The number of anilines is 2. The van der Waals surface area contributed by atoms with E-state index < -0.39 is 29.7 Å². The van der Waals surface area contributed by atoms with E-state index in [2.05, 4.69) is 37.3 Å². The molecule has 0 bridgehead atoms. The Morgan fingerprint density at radius 3 is 2.39 bits per heavy atom. The third kappa shape index (κ3) is 8.03. The van der Waals surface area contributed by atoms with Gasteiger partial charge >= 0.3 is 12.2 Å². The third-order valence-electron chi connectivity index (χ3n) is 8.48. The van der Waals surface area contributed by atoms with Crippen LogP contribution >= 0.6 is 0 Å². The zero-order valence-electron chi connectivity index (χ0n) is 26.7. The topological polar surface area (TPSA) is 116 Å². The van der Waals surface area contributed by atoms with E-state index in [1.165, 1.54) is 18.1 Å². The number of benzene rings is 4. The number of H-pyrrole nitrogens is 1. The van der Waals surface area contributed by atoms with Crippen LogP contribution < -0.4 is 15.5 Å². The van der Waals surface area contributed by atoms with E-state index in [0.717, 1.165) is 42.5 Å². The summed E-state index contributed by atoms with van der Waals surface area (Å²) in [5.41, 5.74) is 5.13. The first-order valence-corrected chi connectivity index (χ1v) is 15.9. The van der Waals surface area contributed by atoms with Crippen molar-refractivity contribution in [3.63, 3.8) is 0 Å². The minimum Gasteiger partial charge on any atom is -0.331 e. The summed E-state index contributed by atoms with van der Waals surface area (Å²) in [4.78, 5) is 28.3. The molecule has 49 heavy (non-hydrogen) atoms. The van der Waals surface area contributed by atoms with E-state index in [-0.39, 0.29) is 12.5 Å². The fraction of sp³-hybridized carbons (Fsp3) is 0.216. The summed E-state index contributed by atoms with van der Waals surface area (Å²) in [7, 11) is 0.